The van der Waals surface area contributed by atoms with Crippen molar-refractivity contribution in [3.8, 4) is 5.75 Å². The lowest BCUT2D eigenvalue weighted by molar-refractivity contribution is -0.124. The fraction of sp³-hybridized carbons (Fsp3) is 0.400. The number of carbonyl (C=O) groups is 3. The largest absolute Gasteiger partial charge is 0.497 e. The highest BCUT2D eigenvalue weighted by atomic mass is 32.2. The van der Waals surface area contributed by atoms with Crippen LogP contribution >= 0.6 is 11.8 Å². The van der Waals surface area contributed by atoms with Gasteiger partial charge >= 0.3 is 0 Å². The van der Waals surface area contributed by atoms with Gasteiger partial charge in [0.05, 0.1) is 13.2 Å². The smallest absolute Gasteiger partial charge is 0.251 e. The summed E-state index contributed by atoms with van der Waals surface area (Å²) in [5.41, 5.74) is 0.474. The maximum absolute atomic E-state index is 11.9. The Morgan fingerprint density at radius 3 is 2.91 bits per heavy atom. The van der Waals surface area contributed by atoms with E-state index in [1.807, 2.05) is 0 Å². The minimum absolute atomic E-state index is 0.00812. The summed E-state index contributed by atoms with van der Waals surface area (Å²) < 4.78 is 5.05. The Labute approximate surface area is 133 Å². The van der Waals surface area contributed by atoms with Crippen LogP contribution in [0.3, 0.4) is 0 Å². The molecule has 1 aliphatic heterocycles. The maximum atomic E-state index is 11.9. The quantitative estimate of drug-likeness (QED) is 0.815. The molecule has 1 unspecified atom stereocenters. The van der Waals surface area contributed by atoms with Gasteiger partial charge in [-0.1, -0.05) is 17.8 Å². The molecule has 1 aliphatic rings. The van der Waals surface area contributed by atoms with E-state index in [9.17, 15) is 14.4 Å². The summed E-state index contributed by atoms with van der Waals surface area (Å²) in [4.78, 5) is 35.1. The zero-order valence-electron chi connectivity index (χ0n) is 12.3. The summed E-state index contributed by atoms with van der Waals surface area (Å²) in [5, 5.41) is 5.36. The first-order chi connectivity index (χ1) is 10.6. The zero-order valence-corrected chi connectivity index (χ0v) is 13.1. The van der Waals surface area contributed by atoms with Crippen molar-refractivity contribution in [1.29, 1.82) is 0 Å². The Bertz CT molecular complexity index is 576. The molecule has 0 spiro atoms. The van der Waals surface area contributed by atoms with Crippen molar-refractivity contribution < 1.29 is 19.1 Å². The highest BCUT2D eigenvalue weighted by molar-refractivity contribution is 8.14. The molecule has 2 rings (SSSR count). The van der Waals surface area contributed by atoms with Crippen molar-refractivity contribution in [2.45, 2.75) is 18.9 Å². The van der Waals surface area contributed by atoms with Crippen LogP contribution in [0, 0.1) is 0 Å². The van der Waals surface area contributed by atoms with Gasteiger partial charge in [0, 0.05) is 24.3 Å². The first-order valence-corrected chi connectivity index (χ1v) is 7.97. The molecule has 1 heterocycles. The molecule has 6 nitrogen and oxygen atoms in total. The van der Waals surface area contributed by atoms with E-state index in [-0.39, 0.29) is 35.9 Å². The zero-order chi connectivity index (χ0) is 15.9. The van der Waals surface area contributed by atoms with E-state index in [4.69, 9.17) is 4.74 Å². The fourth-order valence-corrected chi connectivity index (χ4v) is 2.98. The number of hydrogen-bond donors (Lipinski definition) is 2. The summed E-state index contributed by atoms with van der Waals surface area (Å²) in [5.74, 6) is 0.852. The van der Waals surface area contributed by atoms with Crippen molar-refractivity contribution in [2.75, 3.05) is 19.4 Å². The van der Waals surface area contributed by atoms with Crippen LogP contribution in [-0.2, 0) is 9.59 Å². The first kappa shape index (κ1) is 16.4. The van der Waals surface area contributed by atoms with Crippen LogP contribution in [-0.4, -0.2) is 42.4 Å². The minimum Gasteiger partial charge on any atom is -0.497 e. The predicted molar refractivity (Wildman–Crippen MR) is 84.0 cm³/mol. The molecule has 22 heavy (non-hydrogen) atoms. The molecular weight excluding hydrogens is 304 g/mol. The van der Waals surface area contributed by atoms with Crippen LogP contribution in [0.25, 0.3) is 0 Å². The van der Waals surface area contributed by atoms with Crippen LogP contribution in [0.2, 0.25) is 0 Å². The molecule has 1 fully saturated rings. The topological polar surface area (TPSA) is 84.5 Å². The molecule has 1 aromatic carbocycles. The van der Waals surface area contributed by atoms with Crippen molar-refractivity contribution in [3.63, 3.8) is 0 Å². The number of benzene rings is 1. The van der Waals surface area contributed by atoms with E-state index in [0.717, 1.165) is 5.75 Å². The lowest BCUT2D eigenvalue weighted by Gasteiger charge is -2.10. The molecule has 2 N–H and O–H groups in total. The third-order valence-electron chi connectivity index (χ3n) is 3.24. The second-order valence-corrected chi connectivity index (χ2v) is 5.91. The number of amides is 2. The van der Waals surface area contributed by atoms with Crippen LogP contribution in [0.15, 0.2) is 24.3 Å². The van der Waals surface area contributed by atoms with Crippen LogP contribution in [0.5, 0.6) is 5.75 Å². The molecule has 118 valence electrons. The van der Waals surface area contributed by atoms with Gasteiger partial charge in [-0.15, -0.1) is 0 Å². The van der Waals surface area contributed by atoms with Crippen LogP contribution in [0.1, 0.15) is 23.2 Å². The Balaban J connectivity index is 1.74. The SMILES string of the molecule is COc1cccc(C(=O)NCCC(=O)NC2CCSC2=O)c1. The molecule has 0 saturated carbocycles. The molecule has 2 amide bonds. The maximum Gasteiger partial charge on any atom is 0.251 e. The van der Waals surface area contributed by atoms with Gasteiger partial charge in [0.2, 0.25) is 11.0 Å². The predicted octanol–water partition coefficient (Wildman–Crippen LogP) is 0.963. The number of nitrogens with one attached hydrogen (secondary N) is 2. The highest BCUT2D eigenvalue weighted by Crippen LogP contribution is 2.19. The van der Waals surface area contributed by atoms with Gasteiger partial charge in [-0.3, -0.25) is 14.4 Å². The van der Waals surface area contributed by atoms with E-state index < -0.39 is 0 Å². The van der Waals surface area contributed by atoms with Crippen molar-refractivity contribution in [1.82, 2.24) is 10.6 Å². The standard InChI is InChI=1S/C15H18N2O4S/c1-21-11-4-2-3-10(9-11)14(19)16-7-5-13(18)17-12-6-8-22-15(12)20/h2-4,9,12H,5-8H2,1H3,(H,16,19)(H,17,18). The molecule has 0 bridgehead atoms. The molecule has 1 aromatic rings. The van der Waals surface area contributed by atoms with E-state index >= 15 is 0 Å². The number of methoxy groups -OCH3 is 1. The van der Waals surface area contributed by atoms with Crippen LogP contribution in [0.4, 0.5) is 0 Å². The van der Waals surface area contributed by atoms with E-state index in [1.165, 1.54) is 18.9 Å². The summed E-state index contributed by atoms with van der Waals surface area (Å²) in [7, 11) is 1.53. The molecule has 0 radical (unpaired) electrons. The molecular formula is C15H18N2O4S. The Morgan fingerprint density at radius 2 is 2.23 bits per heavy atom. The second kappa shape index (κ2) is 7.84. The Morgan fingerprint density at radius 1 is 1.41 bits per heavy atom. The average Bonchev–Trinajstić information content (AvgIpc) is 2.92. The van der Waals surface area contributed by atoms with Crippen molar-refractivity contribution >= 4 is 28.7 Å². The van der Waals surface area contributed by atoms with Gasteiger partial charge in [0.15, 0.2) is 0 Å². The lowest BCUT2D eigenvalue weighted by Crippen LogP contribution is -2.39. The van der Waals surface area contributed by atoms with E-state index in [1.54, 1.807) is 24.3 Å². The number of hydrogen-bond acceptors (Lipinski definition) is 5. The van der Waals surface area contributed by atoms with Crippen LogP contribution < -0.4 is 15.4 Å². The van der Waals surface area contributed by atoms with Gasteiger partial charge in [-0.2, -0.15) is 0 Å². The lowest BCUT2D eigenvalue weighted by atomic mass is 10.2. The summed E-state index contributed by atoms with van der Waals surface area (Å²) >= 11 is 1.24. The van der Waals surface area contributed by atoms with Gasteiger partial charge in [0.25, 0.3) is 5.91 Å². The normalized spacial score (nSPS) is 17.1. The Hall–Kier alpha value is -2.02. The molecule has 1 saturated heterocycles. The first-order valence-electron chi connectivity index (χ1n) is 6.98. The number of rotatable bonds is 6. The summed E-state index contributed by atoms with van der Waals surface area (Å²) in [6.45, 7) is 0.218. The number of thioether (sulfide) groups is 1. The molecule has 0 aliphatic carbocycles. The van der Waals surface area contributed by atoms with Gasteiger partial charge in [-0.25, -0.2) is 0 Å². The van der Waals surface area contributed by atoms with Gasteiger partial charge in [-0.05, 0) is 24.6 Å². The van der Waals surface area contributed by atoms with E-state index in [0.29, 0.717) is 17.7 Å². The van der Waals surface area contributed by atoms with E-state index in [2.05, 4.69) is 10.6 Å². The molecule has 7 heteroatoms. The van der Waals surface area contributed by atoms with Gasteiger partial charge < -0.3 is 15.4 Å². The fourth-order valence-electron chi connectivity index (χ4n) is 2.05. The van der Waals surface area contributed by atoms with Crippen molar-refractivity contribution in [3.05, 3.63) is 29.8 Å². The molecule has 1 atom stereocenters. The highest BCUT2D eigenvalue weighted by Gasteiger charge is 2.26. The van der Waals surface area contributed by atoms with Gasteiger partial charge in [0.1, 0.15) is 5.75 Å². The average molecular weight is 322 g/mol. The number of ether oxygens (including phenoxy) is 1. The third kappa shape index (κ3) is 4.49. The Kier molecular flexibility index (Phi) is 5.83. The monoisotopic (exact) mass is 322 g/mol. The third-order valence-corrected chi connectivity index (χ3v) is 4.25. The minimum atomic E-state index is -0.383. The summed E-state index contributed by atoms with van der Waals surface area (Å²) in [6, 6.07) is 6.40. The van der Waals surface area contributed by atoms with Crippen molar-refractivity contribution in [2.24, 2.45) is 0 Å². The second-order valence-electron chi connectivity index (χ2n) is 4.81. The number of carbonyl (C=O) groups excluding carboxylic acids is 3. The molecule has 0 aromatic heterocycles. The summed E-state index contributed by atoms with van der Waals surface area (Å²) in [6.07, 6.45) is 0.815.